The van der Waals surface area contributed by atoms with Crippen molar-refractivity contribution >= 4 is 5.91 Å². The highest BCUT2D eigenvalue weighted by molar-refractivity contribution is 5.78. The lowest BCUT2D eigenvalue weighted by molar-refractivity contribution is -0.127. The number of hydrogen-bond acceptors (Lipinski definition) is 2. The van der Waals surface area contributed by atoms with Gasteiger partial charge in [-0.3, -0.25) is 4.79 Å². The van der Waals surface area contributed by atoms with Crippen molar-refractivity contribution in [1.82, 2.24) is 5.32 Å². The summed E-state index contributed by atoms with van der Waals surface area (Å²) < 4.78 is 0. The first-order chi connectivity index (χ1) is 8.84. The van der Waals surface area contributed by atoms with Gasteiger partial charge in [-0.1, -0.05) is 20.8 Å². The number of rotatable bonds is 5. The topological polar surface area (TPSA) is 55.1 Å². The van der Waals surface area contributed by atoms with Gasteiger partial charge in [-0.15, -0.1) is 0 Å². The molecule has 0 spiro atoms. The highest BCUT2D eigenvalue weighted by Crippen LogP contribution is 2.39. The third-order valence-electron chi connectivity index (χ3n) is 4.55. The first-order valence-electron chi connectivity index (χ1n) is 7.85. The van der Waals surface area contributed by atoms with Crippen LogP contribution in [0.3, 0.4) is 0 Å². The Hall–Kier alpha value is -0.570. The fourth-order valence-electron chi connectivity index (χ4n) is 3.08. The van der Waals surface area contributed by atoms with Gasteiger partial charge in [0.1, 0.15) is 0 Å². The van der Waals surface area contributed by atoms with Crippen LogP contribution in [0.5, 0.6) is 0 Å². The molecule has 1 fully saturated rings. The van der Waals surface area contributed by atoms with E-state index in [4.69, 9.17) is 5.73 Å². The Morgan fingerprint density at radius 3 is 2.32 bits per heavy atom. The van der Waals surface area contributed by atoms with Gasteiger partial charge in [-0.05, 0) is 63.3 Å². The second-order valence-electron chi connectivity index (χ2n) is 7.26. The number of nitrogens with one attached hydrogen (secondary N) is 1. The molecule has 112 valence electrons. The fraction of sp³-hybridized carbons (Fsp3) is 0.938. The maximum atomic E-state index is 12.2. The maximum absolute atomic E-state index is 12.2. The molecule has 1 rings (SSSR count). The number of amides is 1. The molecule has 3 nitrogen and oxygen atoms in total. The molecule has 3 heteroatoms. The van der Waals surface area contributed by atoms with Gasteiger partial charge in [0.15, 0.2) is 0 Å². The van der Waals surface area contributed by atoms with Crippen LogP contribution in [-0.2, 0) is 4.79 Å². The fourth-order valence-corrected chi connectivity index (χ4v) is 3.08. The SMILES string of the molecule is CC(CCCN)NC(=O)C1CCC(C(C)(C)C)CC1. The van der Waals surface area contributed by atoms with E-state index in [1.54, 1.807) is 0 Å². The molecule has 0 saturated heterocycles. The summed E-state index contributed by atoms with van der Waals surface area (Å²) in [6.45, 7) is 9.72. The van der Waals surface area contributed by atoms with Crippen LogP contribution in [0.25, 0.3) is 0 Å². The number of carbonyl (C=O) groups excluding carboxylic acids is 1. The van der Waals surface area contributed by atoms with Crippen molar-refractivity contribution in [1.29, 1.82) is 0 Å². The molecule has 1 unspecified atom stereocenters. The molecule has 0 bridgehead atoms. The smallest absolute Gasteiger partial charge is 0.223 e. The van der Waals surface area contributed by atoms with E-state index in [0.717, 1.165) is 31.6 Å². The zero-order valence-corrected chi connectivity index (χ0v) is 13.2. The molecule has 19 heavy (non-hydrogen) atoms. The summed E-state index contributed by atoms with van der Waals surface area (Å²) >= 11 is 0. The van der Waals surface area contributed by atoms with Crippen molar-refractivity contribution in [3.63, 3.8) is 0 Å². The van der Waals surface area contributed by atoms with E-state index >= 15 is 0 Å². The summed E-state index contributed by atoms with van der Waals surface area (Å²) in [5.74, 6) is 1.27. The lowest BCUT2D eigenvalue weighted by atomic mass is 9.69. The second-order valence-corrected chi connectivity index (χ2v) is 7.26. The normalized spacial score (nSPS) is 25.9. The van der Waals surface area contributed by atoms with E-state index in [0.29, 0.717) is 12.0 Å². The van der Waals surface area contributed by atoms with E-state index in [1.165, 1.54) is 12.8 Å². The van der Waals surface area contributed by atoms with Crippen molar-refractivity contribution in [2.75, 3.05) is 6.54 Å². The lowest BCUT2D eigenvalue weighted by Gasteiger charge is -2.36. The molecule has 0 aromatic heterocycles. The molecule has 0 aromatic carbocycles. The third-order valence-corrected chi connectivity index (χ3v) is 4.55. The van der Waals surface area contributed by atoms with Crippen LogP contribution in [0, 0.1) is 17.3 Å². The van der Waals surface area contributed by atoms with Crippen molar-refractivity contribution in [2.45, 2.75) is 72.3 Å². The van der Waals surface area contributed by atoms with Crippen LogP contribution in [0.2, 0.25) is 0 Å². The Kier molecular flexibility index (Phi) is 6.31. The molecular weight excluding hydrogens is 236 g/mol. The van der Waals surface area contributed by atoms with Crippen molar-refractivity contribution in [3.05, 3.63) is 0 Å². The van der Waals surface area contributed by atoms with Crippen LogP contribution < -0.4 is 11.1 Å². The Morgan fingerprint density at radius 2 is 1.84 bits per heavy atom. The van der Waals surface area contributed by atoms with Crippen LogP contribution >= 0.6 is 0 Å². The summed E-state index contributed by atoms with van der Waals surface area (Å²) in [5.41, 5.74) is 5.88. The number of hydrogen-bond donors (Lipinski definition) is 2. The van der Waals surface area contributed by atoms with E-state index in [-0.39, 0.29) is 17.9 Å². The summed E-state index contributed by atoms with van der Waals surface area (Å²) in [6, 6.07) is 0.261. The van der Waals surface area contributed by atoms with Crippen molar-refractivity contribution in [3.8, 4) is 0 Å². The Labute approximate surface area is 118 Å². The molecule has 1 amide bonds. The minimum absolute atomic E-state index is 0.235. The Bertz CT molecular complexity index is 275. The predicted molar refractivity (Wildman–Crippen MR) is 80.8 cm³/mol. The summed E-state index contributed by atoms with van der Waals surface area (Å²) in [7, 11) is 0. The maximum Gasteiger partial charge on any atom is 0.223 e. The zero-order chi connectivity index (χ0) is 14.5. The first kappa shape index (κ1) is 16.5. The molecule has 0 heterocycles. The lowest BCUT2D eigenvalue weighted by Crippen LogP contribution is -2.39. The van der Waals surface area contributed by atoms with Crippen molar-refractivity contribution < 1.29 is 4.79 Å². The first-order valence-corrected chi connectivity index (χ1v) is 7.85. The average Bonchev–Trinajstić information content (AvgIpc) is 2.35. The van der Waals surface area contributed by atoms with Crippen molar-refractivity contribution in [2.24, 2.45) is 23.0 Å². The van der Waals surface area contributed by atoms with Gasteiger partial charge in [-0.2, -0.15) is 0 Å². The Balaban J connectivity index is 2.33. The summed E-state index contributed by atoms with van der Waals surface area (Å²) in [5, 5.41) is 3.14. The highest BCUT2D eigenvalue weighted by atomic mass is 16.1. The molecule has 0 aliphatic heterocycles. The van der Waals surface area contributed by atoms with E-state index in [1.807, 2.05) is 0 Å². The predicted octanol–water partition coefficient (Wildman–Crippen LogP) is 3.08. The molecule has 1 atom stereocenters. The molecule has 1 aliphatic carbocycles. The molecule has 3 N–H and O–H groups in total. The van der Waals surface area contributed by atoms with Gasteiger partial charge in [0.05, 0.1) is 0 Å². The van der Waals surface area contributed by atoms with Gasteiger partial charge < -0.3 is 11.1 Å². The van der Waals surface area contributed by atoms with Gasteiger partial charge in [0.2, 0.25) is 5.91 Å². The highest BCUT2D eigenvalue weighted by Gasteiger charge is 2.32. The van der Waals surface area contributed by atoms with Crippen LogP contribution in [0.15, 0.2) is 0 Å². The Morgan fingerprint density at radius 1 is 1.26 bits per heavy atom. The average molecular weight is 268 g/mol. The molecule has 1 aliphatic rings. The van der Waals surface area contributed by atoms with Gasteiger partial charge in [0.25, 0.3) is 0 Å². The van der Waals surface area contributed by atoms with Gasteiger partial charge in [0, 0.05) is 12.0 Å². The largest absolute Gasteiger partial charge is 0.353 e. The van der Waals surface area contributed by atoms with E-state index in [9.17, 15) is 4.79 Å². The quantitative estimate of drug-likeness (QED) is 0.805. The van der Waals surface area contributed by atoms with E-state index in [2.05, 4.69) is 33.0 Å². The van der Waals surface area contributed by atoms with Crippen LogP contribution in [0.4, 0.5) is 0 Å². The van der Waals surface area contributed by atoms with E-state index < -0.39 is 0 Å². The van der Waals surface area contributed by atoms with Gasteiger partial charge >= 0.3 is 0 Å². The molecule has 0 aromatic rings. The second kappa shape index (κ2) is 7.28. The van der Waals surface area contributed by atoms with Crippen LogP contribution in [0.1, 0.15) is 66.2 Å². The molecular formula is C16H32N2O. The number of nitrogens with two attached hydrogens (primary N) is 1. The van der Waals surface area contributed by atoms with Gasteiger partial charge in [-0.25, -0.2) is 0 Å². The molecule has 0 radical (unpaired) electrons. The molecule has 1 saturated carbocycles. The third kappa shape index (κ3) is 5.52. The van der Waals surface area contributed by atoms with Crippen LogP contribution in [-0.4, -0.2) is 18.5 Å². The summed E-state index contributed by atoms with van der Waals surface area (Å²) in [6.07, 6.45) is 6.46. The minimum atomic E-state index is 0.235. The zero-order valence-electron chi connectivity index (χ0n) is 13.2. The minimum Gasteiger partial charge on any atom is -0.353 e. The number of carbonyl (C=O) groups is 1. The standard InChI is InChI=1S/C16H32N2O/c1-12(6-5-11-17)18-15(19)13-7-9-14(10-8-13)16(2,3)4/h12-14H,5-11,17H2,1-4H3,(H,18,19). The monoisotopic (exact) mass is 268 g/mol. The summed E-state index contributed by atoms with van der Waals surface area (Å²) in [4.78, 5) is 12.2.